The number of hydrogen-bond acceptors (Lipinski definition) is 4. The van der Waals surface area contributed by atoms with Crippen LogP contribution in [0.5, 0.6) is 0 Å². The van der Waals surface area contributed by atoms with Crippen LogP contribution in [0.25, 0.3) is 0 Å². The minimum atomic E-state index is -0.718. The van der Waals surface area contributed by atoms with Gasteiger partial charge in [-0.3, -0.25) is 4.79 Å². The zero-order chi connectivity index (χ0) is 11.7. The molecule has 1 unspecified atom stereocenters. The summed E-state index contributed by atoms with van der Waals surface area (Å²) in [6.07, 6.45) is 1.33. The number of carbonyl (C=O) groups is 1. The lowest BCUT2D eigenvalue weighted by molar-refractivity contribution is -0.151. The van der Waals surface area contributed by atoms with Gasteiger partial charge in [0.25, 0.3) is 0 Å². The molecule has 15 heavy (non-hydrogen) atoms. The monoisotopic (exact) mass is 218 g/mol. The van der Waals surface area contributed by atoms with E-state index in [0.29, 0.717) is 6.61 Å². The zero-order valence-electron chi connectivity index (χ0n) is 9.86. The van der Waals surface area contributed by atoms with Crippen molar-refractivity contribution in [3.63, 3.8) is 0 Å². The molecule has 0 amide bonds. The first-order chi connectivity index (χ1) is 7.07. The van der Waals surface area contributed by atoms with Crippen molar-refractivity contribution in [1.82, 2.24) is 0 Å². The smallest absolute Gasteiger partial charge is 0.308 e. The van der Waals surface area contributed by atoms with E-state index in [0.717, 1.165) is 12.8 Å². The van der Waals surface area contributed by atoms with Crippen molar-refractivity contribution < 1.29 is 19.4 Å². The maximum absolute atomic E-state index is 11.0. The first-order valence-corrected chi connectivity index (χ1v) is 5.50. The first kappa shape index (κ1) is 14.4. The second kappa shape index (κ2) is 8.68. The standard InChI is InChI=1S/C11H22O4/c1-4-5-6-14-7-10(12)8-15-11(13)9(2)3/h9-10,12H,4-8H2,1-3H3. The van der Waals surface area contributed by atoms with Gasteiger partial charge in [0.2, 0.25) is 0 Å². The molecule has 4 heteroatoms. The molecule has 0 aromatic rings. The third-order valence-electron chi connectivity index (χ3n) is 1.84. The molecule has 4 nitrogen and oxygen atoms in total. The van der Waals surface area contributed by atoms with E-state index in [9.17, 15) is 9.90 Å². The highest BCUT2D eigenvalue weighted by Gasteiger charge is 2.11. The predicted octanol–water partition coefficient (Wildman–Crippen LogP) is 1.36. The number of carbonyl (C=O) groups excluding carboxylic acids is 1. The molecule has 0 aliphatic heterocycles. The van der Waals surface area contributed by atoms with E-state index in [-0.39, 0.29) is 25.1 Å². The predicted molar refractivity (Wildman–Crippen MR) is 57.5 cm³/mol. The largest absolute Gasteiger partial charge is 0.463 e. The number of aliphatic hydroxyl groups is 1. The van der Waals surface area contributed by atoms with Crippen molar-refractivity contribution in [2.24, 2.45) is 5.92 Å². The van der Waals surface area contributed by atoms with Gasteiger partial charge in [-0.1, -0.05) is 27.2 Å². The van der Waals surface area contributed by atoms with Crippen LogP contribution < -0.4 is 0 Å². The van der Waals surface area contributed by atoms with E-state index in [2.05, 4.69) is 6.92 Å². The van der Waals surface area contributed by atoms with Crippen LogP contribution in [0, 0.1) is 5.92 Å². The number of esters is 1. The molecule has 1 N–H and O–H groups in total. The molecule has 1 atom stereocenters. The average Bonchev–Trinajstić information content (AvgIpc) is 2.20. The second-order valence-electron chi connectivity index (χ2n) is 3.87. The van der Waals surface area contributed by atoms with Crippen molar-refractivity contribution in [2.75, 3.05) is 19.8 Å². The Morgan fingerprint density at radius 1 is 1.33 bits per heavy atom. The third kappa shape index (κ3) is 8.39. The Balaban J connectivity index is 3.40. The van der Waals surface area contributed by atoms with Crippen LogP contribution in [0.1, 0.15) is 33.6 Å². The SMILES string of the molecule is CCCCOCC(O)COC(=O)C(C)C. The van der Waals surface area contributed by atoms with Gasteiger partial charge in [0.15, 0.2) is 0 Å². The van der Waals surface area contributed by atoms with E-state index < -0.39 is 6.10 Å². The molecule has 0 saturated carbocycles. The van der Waals surface area contributed by atoms with Gasteiger partial charge in [-0.15, -0.1) is 0 Å². The van der Waals surface area contributed by atoms with Gasteiger partial charge in [0.1, 0.15) is 12.7 Å². The van der Waals surface area contributed by atoms with Gasteiger partial charge in [-0.2, -0.15) is 0 Å². The lowest BCUT2D eigenvalue weighted by Crippen LogP contribution is -2.25. The van der Waals surface area contributed by atoms with Crippen molar-refractivity contribution >= 4 is 5.97 Å². The van der Waals surface area contributed by atoms with Crippen LogP contribution in [0.2, 0.25) is 0 Å². The fraction of sp³-hybridized carbons (Fsp3) is 0.909. The van der Waals surface area contributed by atoms with Crippen LogP contribution in [0.3, 0.4) is 0 Å². The van der Waals surface area contributed by atoms with Gasteiger partial charge >= 0.3 is 5.97 Å². The Morgan fingerprint density at radius 3 is 2.53 bits per heavy atom. The van der Waals surface area contributed by atoms with E-state index in [1.807, 2.05) is 0 Å². The molecule has 0 aliphatic rings. The molecule has 0 fully saturated rings. The van der Waals surface area contributed by atoms with Gasteiger partial charge in [0, 0.05) is 6.61 Å². The maximum atomic E-state index is 11.0. The van der Waals surface area contributed by atoms with Gasteiger partial charge in [0.05, 0.1) is 12.5 Å². The molecular formula is C11H22O4. The number of unbranched alkanes of at least 4 members (excludes halogenated alkanes) is 1. The van der Waals surface area contributed by atoms with Gasteiger partial charge < -0.3 is 14.6 Å². The molecule has 0 aromatic heterocycles. The Morgan fingerprint density at radius 2 is 2.00 bits per heavy atom. The molecule has 0 bridgehead atoms. The normalized spacial score (nSPS) is 12.9. The van der Waals surface area contributed by atoms with Gasteiger partial charge in [-0.05, 0) is 6.42 Å². The summed E-state index contributed by atoms with van der Waals surface area (Å²) in [4.78, 5) is 11.0. The van der Waals surface area contributed by atoms with Crippen LogP contribution in [0.15, 0.2) is 0 Å². The maximum Gasteiger partial charge on any atom is 0.308 e. The fourth-order valence-electron chi connectivity index (χ4n) is 0.859. The van der Waals surface area contributed by atoms with Crippen molar-refractivity contribution in [2.45, 2.75) is 39.7 Å². The Labute approximate surface area is 91.6 Å². The summed E-state index contributed by atoms with van der Waals surface area (Å²) in [5, 5.41) is 9.38. The minimum Gasteiger partial charge on any atom is -0.463 e. The molecule has 0 rings (SSSR count). The van der Waals surface area contributed by atoms with Crippen molar-refractivity contribution in [3.05, 3.63) is 0 Å². The topological polar surface area (TPSA) is 55.8 Å². The summed E-state index contributed by atoms with van der Waals surface area (Å²) in [5.74, 6) is -0.444. The summed E-state index contributed by atoms with van der Waals surface area (Å²) in [6, 6.07) is 0. The van der Waals surface area contributed by atoms with Crippen LogP contribution in [-0.2, 0) is 14.3 Å². The molecule has 90 valence electrons. The molecule has 0 heterocycles. The number of rotatable bonds is 8. The Kier molecular flexibility index (Phi) is 8.33. The lowest BCUT2D eigenvalue weighted by Gasteiger charge is -2.12. The molecular weight excluding hydrogens is 196 g/mol. The highest BCUT2D eigenvalue weighted by molar-refractivity contribution is 5.71. The summed E-state index contributed by atoms with van der Waals surface area (Å²) < 4.78 is 10.0. The van der Waals surface area contributed by atoms with Crippen molar-refractivity contribution in [3.8, 4) is 0 Å². The van der Waals surface area contributed by atoms with Crippen LogP contribution >= 0.6 is 0 Å². The summed E-state index contributed by atoms with van der Waals surface area (Å²) >= 11 is 0. The third-order valence-corrected chi connectivity index (χ3v) is 1.84. The van der Waals surface area contributed by atoms with Gasteiger partial charge in [-0.25, -0.2) is 0 Å². The Hall–Kier alpha value is -0.610. The quantitative estimate of drug-likeness (QED) is 0.494. The highest BCUT2D eigenvalue weighted by atomic mass is 16.5. The van der Waals surface area contributed by atoms with E-state index in [1.54, 1.807) is 13.8 Å². The first-order valence-electron chi connectivity index (χ1n) is 5.50. The molecule has 0 aromatic carbocycles. The van der Waals surface area contributed by atoms with E-state index in [1.165, 1.54) is 0 Å². The Bertz CT molecular complexity index is 168. The van der Waals surface area contributed by atoms with Crippen LogP contribution in [-0.4, -0.2) is 37.0 Å². The summed E-state index contributed by atoms with van der Waals surface area (Å²) in [6.45, 7) is 6.48. The van der Waals surface area contributed by atoms with E-state index in [4.69, 9.17) is 9.47 Å². The number of hydrogen-bond donors (Lipinski definition) is 1. The zero-order valence-corrected chi connectivity index (χ0v) is 9.86. The van der Waals surface area contributed by atoms with E-state index >= 15 is 0 Å². The lowest BCUT2D eigenvalue weighted by atomic mass is 10.2. The van der Waals surface area contributed by atoms with Crippen LogP contribution in [0.4, 0.5) is 0 Å². The fourth-order valence-corrected chi connectivity index (χ4v) is 0.859. The number of aliphatic hydroxyl groups excluding tert-OH is 1. The highest BCUT2D eigenvalue weighted by Crippen LogP contribution is 1.98. The summed E-state index contributed by atoms with van der Waals surface area (Å²) in [7, 11) is 0. The van der Waals surface area contributed by atoms with Crippen molar-refractivity contribution in [1.29, 1.82) is 0 Å². The summed E-state index contributed by atoms with van der Waals surface area (Å²) in [5.41, 5.74) is 0. The minimum absolute atomic E-state index is 0.0170. The molecule has 0 spiro atoms. The second-order valence-corrected chi connectivity index (χ2v) is 3.87. The molecule has 0 saturated heterocycles. The average molecular weight is 218 g/mol. The number of ether oxygens (including phenoxy) is 2. The molecule has 0 radical (unpaired) electrons. The molecule has 0 aliphatic carbocycles.